The molecular weight excluding hydrogens is 224 g/mol. The number of nitrogens with zero attached hydrogens (tertiary/aromatic N) is 1. The fourth-order valence-corrected chi connectivity index (χ4v) is 3.08. The van der Waals surface area contributed by atoms with Gasteiger partial charge in [-0.05, 0) is 55.3 Å². The standard InChI is InChI=1S/C15H20N2O/c1-10-15(18-2)6-14(9-17-10)11-3-4-12-7-16-8-13(12)5-11/h5-6,9,12-13,16H,3-4,7-8H2,1-2H3/t12-,13+/m0/s1. The Labute approximate surface area is 108 Å². The molecule has 2 aliphatic rings. The summed E-state index contributed by atoms with van der Waals surface area (Å²) < 4.78 is 5.36. The molecule has 3 nitrogen and oxygen atoms in total. The maximum Gasteiger partial charge on any atom is 0.140 e. The molecule has 0 radical (unpaired) electrons. The lowest BCUT2D eigenvalue weighted by Crippen LogP contribution is -2.15. The Kier molecular flexibility index (Phi) is 3.08. The lowest BCUT2D eigenvalue weighted by Gasteiger charge is -2.23. The van der Waals surface area contributed by atoms with Crippen LogP contribution in [-0.2, 0) is 0 Å². The number of pyridine rings is 1. The third kappa shape index (κ3) is 2.03. The zero-order valence-electron chi connectivity index (χ0n) is 11.1. The first-order valence-corrected chi connectivity index (χ1v) is 6.70. The molecule has 2 atom stereocenters. The molecule has 1 N–H and O–H groups in total. The van der Waals surface area contributed by atoms with Gasteiger partial charge in [0.1, 0.15) is 5.75 Å². The second-order valence-corrected chi connectivity index (χ2v) is 5.32. The van der Waals surface area contributed by atoms with Crippen molar-refractivity contribution in [3.05, 3.63) is 29.6 Å². The van der Waals surface area contributed by atoms with Crippen LogP contribution in [0.4, 0.5) is 0 Å². The molecule has 0 spiro atoms. The van der Waals surface area contributed by atoms with Crippen molar-refractivity contribution in [1.29, 1.82) is 0 Å². The van der Waals surface area contributed by atoms with E-state index in [0.717, 1.165) is 30.3 Å². The highest BCUT2D eigenvalue weighted by atomic mass is 16.5. The van der Waals surface area contributed by atoms with Gasteiger partial charge < -0.3 is 10.1 Å². The molecule has 18 heavy (non-hydrogen) atoms. The van der Waals surface area contributed by atoms with Gasteiger partial charge in [0.15, 0.2) is 0 Å². The predicted molar refractivity (Wildman–Crippen MR) is 72.6 cm³/mol. The van der Waals surface area contributed by atoms with Crippen LogP contribution in [-0.4, -0.2) is 25.2 Å². The molecule has 0 saturated carbocycles. The largest absolute Gasteiger partial charge is 0.495 e. The normalized spacial score (nSPS) is 26.7. The molecule has 1 saturated heterocycles. The maximum atomic E-state index is 5.36. The summed E-state index contributed by atoms with van der Waals surface area (Å²) in [5, 5.41) is 3.48. The molecule has 3 heteroatoms. The summed E-state index contributed by atoms with van der Waals surface area (Å²) in [5.41, 5.74) is 3.62. The van der Waals surface area contributed by atoms with Gasteiger partial charge in [-0.1, -0.05) is 6.08 Å². The van der Waals surface area contributed by atoms with Crippen LogP contribution >= 0.6 is 0 Å². The van der Waals surface area contributed by atoms with E-state index < -0.39 is 0 Å². The van der Waals surface area contributed by atoms with E-state index in [1.165, 1.54) is 24.1 Å². The van der Waals surface area contributed by atoms with Crippen LogP contribution in [0, 0.1) is 18.8 Å². The summed E-state index contributed by atoms with van der Waals surface area (Å²) in [7, 11) is 1.71. The van der Waals surface area contributed by atoms with E-state index in [-0.39, 0.29) is 0 Å². The highest BCUT2D eigenvalue weighted by Gasteiger charge is 2.29. The van der Waals surface area contributed by atoms with Gasteiger partial charge in [-0.15, -0.1) is 0 Å². The quantitative estimate of drug-likeness (QED) is 0.867. The molecule has 0 aromatic carbocycles. The lowest BCUT2D eigenvalue weighted by atomic mass is 9.81. The number of allylic oxidation sites excluding steroid dienone is 1. The van der Waals surface area contributed by atoms with Crippen molar-refractivity contribution >= 4 is 5.57 Å². The predicted octanol–water partition coefficient (Wildman–Crippen LogP) is 2.41. The van der Waals surface area contributed by atoms with Crippen molar-refractivity contribution in [2.24, 2.45) is 11.8 Å². The number of aromatic nitrogens is 1. The van der Waals surface area contributed by atoms with Gasteiger partial charge in [-0.25, -0.2) is 0 Å². The van der Waals surface area contributed by atoms with E-state index in [2.05, 4.69) is 22.4 Å². The van der Waals surface area contributed by atoms with Crippen LogP contribution in [0.2, 0.25) is 0 Å². The van der Waals surface area contributed by atoms with Gasteiger partial charge in [0, 0.05) is 12.7 Å². The van der Waals surface area contributed by atoms with Gasteiger partial charge in [-0.3, -0.25) is 4.98 Å². The van der Waals surface area contributed by atoms with E-state index >= 15 is 0 Å². The minimum absolute atomic E-state index is 0.709. The molecule has 1 aromatic rings. The molecular formula is C15H20N2O. The summed E-state index contributed by atoms with van der Waals surface area (Å²) in [6.45, 7) is 4.29. The first-order valence-electron chi connectivity index (χ1n) is 6.70. The maximum absolute atomic E-state index is 5.36. The van der Waals surface area contributed by atoms with Crippen LogP contribution in [0.25, 0.3) is 5.57 Å². The lowest BCUT2D eigenvalue weighted by molar-refractivity contribution is 0.409. The zero-order valence-corrected chi connectivity index (χ0v) is 11.1. The number of aryl methyl sites for hydroxylation is 1. The number of hydrogen-bond acceptors (Lipinski definition) is 3. The average Bonchev–Trinajstić information content (AvgIpc) is 2.86. The Hall–Kier alpha value is -1.35. The first-order chi connectivity index (χ1) is 8.78. The van der Waals surface area contributed by atoms with Gasteiger partial charge in [0.2, 0.25) is 0 Å². The highest BCUT2D eigenvalue weighted by molar-refractivity contribution is 5.67. The van der Waals surface area contributed by atoms with Crippen molar-refractivity contribution in [1.82, 2.24) is 10.3 Å². The summed E-state index contributed by atoms with van der Waals surface area (Å²) >= 11 is 0. The number of methoxy groups -OCH3 is 1. The van der Waals surface area contributed by atoms with Crippen LogP contribution in [0.5, 0.6) is 5.75 Å². The Bertz CT molecular complexity index is 481. The van der Waals surface area contributed by atoms with Crippen LogP contribution in [0.1, 0.15) is 24.1 Å². The summed E-state index contributed by atoms with van der Waals surface area (Å²) in [6.07, 6.45) is 6.88. The van der Waals surface area contributed by atoms with Gasteiger partial charge in [0.05, 0.1) is 12.8 Å². The van der Waals surface area contributed by atoms with E-state index in [1.807, 2.05) is 13.1 Å². The third-order valence-electron chi connectivity index (χ3n) is 4.22. The Balaban J connectivity index is 1.90. The molecule has 1 aromatic heterocycles. The van der Waals surface area contributed by atoms with Crippen LogP contribution in [0.15, 0.2) is 18.3 Å². The van der Waals surface area contributed by atoms with E-state index in [9.17, 15) is 0 Å². The molecule has 1 fully saturated rings. The first kappa shape index (κ1) is 11.7. The molecule has 1 aliphatic carbocycles. The number of ether oxygens (including phenoxy) is 1. The number of fused-ring (bicyclic) bond motifs is 1. The third-order valence-corrected chi connectivity index (χ3v) is 4.22. The van der Waals surface area contributed by atoms with Crippen molar-refractivity contribution in [2.75, 3.05) is 20.2 Å². The van der Waals surface area contributed by atoms with Crippen molar-refractivity contribution in [2.45, 2.75) is 19.8 Å². The minimum atomic E-state index is 0.709. The molecule has 1 aliphatic heterocycles. The zero-order chi connectivity index (χ0) is 12.5. The van der Waals surface area contributed by atoms with E-state index in [1.54, 1.807) is 7.11 Å². The molecule has 0 unspecified atom stereocenters. The second kappa shape index (κ2) is 4.73. The summed E-state index contributed by atoms with van der Waals surface area (Å²) in [6, 6.07) is 2.12. The van der Waals surface area contributed by atoms with E-state index in [4.69, 9.17) is 4.74 Å². The summed E-state index contributed by atoms with van der Waals surface area (Å²) in [5.74, 6) is 2.44. The molecule has 0 bridgehead atoms. The fraction of sp³-hybridized carbons (Fsp3) is 0.533. The molecule has 96 valence electrons. The minimum Gasteiger partial charge on any atom is -0.495 e. The number of nitrogens with one attached hydrogen (secondary N) is 1. The highest BCUT2D eigenvalue weighted by Crippen LogP contribution is 2.36. The Morgan fingerprint density at radius 2 is 2.28 bits per heavy atom. The smallest absolute Gasteiger partial charge is 0.140 e. The van der Waals surface area contributed by atoms with Gasteiger partial charge in [0.25, 0.3) is 0 Å². The average molecular weight is 244 g/mol. The van der Waals surface area contributed by atoms with Crippen molar-refractivity contribution in [3.63, 3.8) is 0 Å². The van der Waals surface area contributed by atoms with E-state index in [0.29, 0.717) is 5.92 Å². The van der Waals surface area contributed by atoms with Gasteiger partial charge >= 0.3 is 0 Å². The van der Waals surface area contributed by atoms with Gasteiger partial charge in [-0.2, -0.15) is 0 Å². The molecule has 2 heterocycles. The number of rotatable bonds is 2. The molecule has 0 amide bonds. The SMILES string of the molecule is COc1cc(C2=C[C@@H]3CNC[C@@H]3CC2)cnc1C. The Morgan fingerprint density at radius 3 is 3.11 bits per heavy atom. The van der Waals surface area contributed by atoms with Crippen LogP contribution < -0.4 is 10.1 Å². The van der Waals surface area contributed by atoms with Crippen LogP contribution in [0.3, 0.4) is 0 Å². The van der Waals surface area contributed by atoms with Crippen molar-refractivity contribution in [3.8, 4) is 5.75 Å². The second-order valence-electron chi connectivity index (χ2n) is 5.32. The number of hydrogen-bond donors (Lipinski definition) is 1. The Morgan fingerprint density at radius 1 is 1.39 bits per heavy atom. The van der Waals surface area contributed by atoms with Crippen molar-refractivity contribution < 1.29 is 4.74 Å². The summed E-state index contributed by atoms with van der Waals surface area (Å²) in [4.78, 5) is 4.43. The molecule has 3 rings (SSSR count). The monoisotopic (exact) mass is 244 g/mol. The fourth-order valence-electron chi connectivity index (χ4n) is 3.08. The topological polar surface area (TPSA) is 34.1 Å².